The lowest BCUT2D eigenvalue weighted by molar-refractivity contribution is 1.37. The number of nitrogens with one attached hydrogen (secondary N) is 1. The number of aromatic amines is 1. The van der Waals surface area contributed by atoms with Gasteiger partial charge in [-0.05, 0) is 33.0 Å². The van der Waals surface area contributed by atoms with Crippen molar-refractivity contribution in [1.82, 2.24) is 9.38 Å². The maximum absolute atomic E-state index is 3.96. The van der Waals surface area contributed by atoms with E-state index in [2.05, 4.69) is 125 Å². The summed E-state index contributed by atoms with van der Waals surface area (Å²) in [5, 5.41) is 15.7. The average Bonchev–Trinajstić information content (AvgIpc) is 3.64. The molecule has 2 nitrogen and oxygen atoms in total. The summed E-state index contributed by atoms with van der Waals surface area (Å²) in [5.74, 6) is 0. The highest BCUT2D eigenvalue weighted by atomic mass is 14.9. The minimum Gasteiger partial charge on any atom is -0.352 e. The largest absolute Gasteiger partial charge is 0.352 e. The fourth-order valence-electron chi connectivity index (χ4n) is 7.33. The molecule has 0 fully saturated rings. The van der Waals surface area contributed by atoms with E-state index >= 15 is 0 Å². The number of aromatic nitrogens is 2. The molecular weight excluding hydrogens is 460 g/mol. The van der Waals surface area contributed by atoms with Crippen molar-refractivity contribution in [2.45, 2.75) is 0 Å². The predicted octanol–water partition coefficient (Wildman–Crippen LogP) is 9.93. The molecule has 10 aromatic rings. The van der Waals surface area contributed by atoms with Crippen molar-refractivity contribution in [2.75, 3.05) is 0 Å². The van der Waals surface area contributed by atoms with E-state index in [1.54, 1.807) is 0 Å². The molecule has 0 radical (unpaired) electrons. The molecule has 38 heavy (non-hydrogen) atoms. The second-order valence-electron chi connectivity index (χ2n) is 10.6. The van der Waals surface area contributed by atoms with Crippen molar-refractivity contribution in [2.24, 2.45) is 0 Å². The first-order chi connectivity index (χ1) is 18.9. The van der Waals surface area contributed by atoms with Crippen LogP contribution in [0.25, 0.3) is 92.2 Å². The van der Waals surface area contributed by atoms with Crippen molar-refractivity contribution in [3.63, 3.8) is 0 Å². The van der Waals surface area contributed by atoms with Crippen LogP contribution in [0.4, 0.5) is 0 Å². The van der Waals surface area contributed by atoms with E-state index in [1.807, 2.05) is 0 Å². The number of para-hydroxylation sites is 1. The number of rotatable bonds is 0. The number of H-pyrrole nitrogens is 1. The van der Waals surface area contributed by atoms with Crippen LogP contribution in [0, 0.1) is 0 Å². The minimum absolute atomic E-state index is 1.21. The highest BCUT2D eigenvalue weighted by molar-refractivity contribution is 6.40. The normalized spacial score (nSPS) is 12.7. The van der Waals surface area contributed by atoms with Gasteiger partial charge in [-0.2, -0.15) is 0 Å². The molecule has 0 saturated heterocycles. The molecule has 10 rings (SSSR count). The molecule has 1 N–H and O–H groups in total. The Kier molecular flexibility index (Phi) is 3.23. The molecule has 7 aromatic carbocycles. The van der Waals surface area contributed by atoms with Crippen molar-refractivity contribution in [3.05, 3.63) is 115 Å². The Balaban J connectivity index is 1.59. The van der Waals surface area contributed by atoms with Crippen molar-refractivity contribution in [1.29, 1.82) is 0 Å². The summed E-state index contributed by atoms with van der Waals surface area (Å²) in [6.07, 6.45) is 0. The van der Waals surface area contributed by atoms with E-state index in [0.717, 1.165) is 0 Å². The Hall–Kier alpha value is -5.08. The first-order valence-electron chi connectivity index (χ1n) is 13.2. The summed E-state index contributed by atoms with van der Waals surface area (Å²) >= 11 is 0. The smallest absolute Gasteiger partial charge is 0.0790 e. The Morgan fingerprint density at radius 2 is 0.974 bits per heavy atom. The van der Waals surface area contributed by atoms with E-state index in [9.17, 15) is 0 Å². The number of hydrogen-bond acceptors (Lipinski definition) is 0. The fraction of sp³-hybridized carbons (Fsp3) is 0. The standard InChI is InChI=1S/C36H20N2/c1-3-10-22-20(8-1)17-19-29-30(22)27-14-7-15-28-32-25-13-6-5-12-24(25)31-26-18-16-21-9-2-4-11-23(21)33(26)37-34(31)36(32)38(29)35(27)28/h1-19,37H. The summed E-state index contributed by atoms with van der Waals surface area (Å²) < 4.78 is 2.54. The third kappa shape index (κ3) is 2.06. The van der Waals surface area contributed by atoms with Gasteiger partial charge in [-0.15, -0.1) is 0 Å². The van der Waals surface area contributed by atoms with Crippen LogP contribution in [0.5, 0.6) is 0 Å². The molecule has 0 bridgehead atoms. The first kappa shape index (κ1) is 19.1. The lowest BCUT2D eigenvalue weighted by atomic mass is 9.97. The zero-order chi connectivity index (χ0) is 24.5. The summed E-state index contributed by atoms with van der Waals surface area (Å²) in [6, 6.07) is 42.4. The number of nitrogens with zero attached hydrogens (tertiary/aromatic N) is 1. The highest BCUT2D eigenvalue weighted by Gasteiger charge is 2.24. The van der Waals surface area contributed by atoms with Gasteiger partial charge in [0.25, 0.3) is 0 Å². The summed E-state index contributed by atoms with van der Waals surface area (Å²) in [7, 11) is 0. The molecular formula is C36H20N2. The van der Waals surface area contributed by atoms with Crippen LogP contribution in [-0.2, 0) is 0 Å². The molecule has 0 spiro atoms. The van der Waals surface area contributed by atoms with Crippen LogP contribution in [0.3, 0.4) is 0 Å². The van der Waals surface area contributed by atoms with Gasteiger partial charge in [-0.3, -0.25) is 0 Å². The third-order valence-electron chi connectivity index (χ3n) is 8.81. The minimum atomic E-state index is 1.21. The molecule has 0 amide bonds. The van der Waals surface area contributed by atoms with E-state index < -0.39 is 0 Å². The number of fused-ring (bicyclic) bond motifs is 17. The molecule has 3 aromatic heterocycles. The fourth-order valence-corrected chi connectivity index (χ4v) is 7.33. The van der Waals surface area contributed by atoms with Crippen LogP contribution >= 0.6 is 0 Å². The molecule has 0 aliphatic heterocycles. The SMILES string of the molecule is c1ccc2c(c1)ccc1c2[nH]c2c1c1ccccc1c1c3cccc4c5c6ccccc6ccc5n(c43)c21. The van der Waals surface area contributed by atoms with E-state index in [4.69, 9.17) is 0 Å². The third-order valence-corrected chi connectivity index (χ3v) is 8.81. The second-order valence-corrected chi connectivity index (χ2v) is 10.6. The zero-order valence-electron chi connectivity index (χ0n) is 20.4. The van der Waals surface area contributed by atoms with Gasteiger partial charge in [0.1, 0.15) is 0 Å². The number of benzene rings is 7. The zero-order valence-corrected chi connectivity index (χ0v) is 20.4. The van der Waals surface area contributed by atoms with Crippen molar-refractivity contribution in [3.8, 4) is 0 Å². The van der Waals surface area contributed by atoms with Gasteiger partial charge in [0.15, 0.2) is 0 Å². The van der Waals surface area contributed by atoms with Gasteiger partial charge in [-0.25, -0.2) is 0 Å². The molecule has 3 heterocycles. The average molecular weight is 481 g/mol. The van der Waals surface area contributed by atoms with Crippen molar-refractivity contribution >= 4 is 92.2 Å². The van der Waals surface area contributed by atoms with Crippen LogP contribution in [-0.4, -0.2) is 9.38 Å². The summed E-state index contributed by atoms with van der Waals surface area (Å²) in [6.45, 7) is 0. The van der Waals surface area contributed by atoms with Crippen LogP contribution in [0.1, 0.15) is 0 Å². The van der Waals surface area contributed by atoms with Crippen LogP contribution in [0.15, 0.2) is 115 Å². The summed E-state index contributed by atoms with van der Waals surface area (Å²) in [5.41, 5.74) is 6.29. The Labute approximate surface area is 216 Å². The lowest BCUT2D eigenvalue weighted by Gasteiger charge is -2.07. The van der Waals surface area contributed by atoms with E-state index in [-0.39, 0.29) is 0 Å². The van der Waals surface area contributed by atoms with Gasteiger partial charge in [0.05, 0.1) is 27.6 Å². The Bertz CT molecular complexity index is 2610. The van der Waals surface area contributed by atoms with Gasteiger partial charge >= 0.3 is 0 Å². The molecule has 0 atom stereocenters. The molecule has 0 aliphatic carbocycles. The molecule has 2 heteroatoms. The Morgan fingerprint density at radius 1 is 0.368 bits per heavy atom. The van der Waals surface area contributed by atoms with E-state index in [1.165, 1.54) is 92.2 Å². The second kappa shape index (κ2) is 6.42. The van der Waals surface area contributed by atoms with Crippen molar-refractivity contribution < 1.29 is 0 Å². The molecule has 0 saturated carbocycles. The van der Waals surface area contributed by atoms with Crippen LogP contribution in [0.2, 0.25) is 0 Å². The maximum atomic E-state index is 3.96. The number of hydrogen-bond donors (Lipinski definition) is 1. The molecule has 174 valence electrons. The molecule has 0 aliphatic rings. The predicted molar refractivity (Wildman–Crippen MR) is 163 cm³/mol. The van der Waals surface area contributed by atoms with E-state index in [0.29, 0.717) is 0 Å². The van der Waals surface area contributed by atoms with Gasteiger partial charge in [-0.1, -0.05) is 109 Å². The molecule has 0 unspecified atom stereocenters. The van der Waals surface area contributed by atoms with Gasteiger partial charge in [0, 0.05) is 37.7 Å². The van der Waals surface area contributed by atoms with Gasteiger partial charge in [0.2, 0.25) is 0 Å². The quantitative estimate of drug-likeness (QED) is 0.223. The monoisotopic (exact) mass is 480 g/mol. The topological polar surface area (TPSA) is 20.2 Å². The van der Waals surface area contributed by atoms with Gasteiger partial charge < -0.3 is 9.38 Å². The first-order valence-corrected chi connectivity index (χ1v) is 13.2. The lowest BCUT2D eigenvalue weighted by Crippen LogP contribution is -1.85. The Morgan fingerprint density at radius 3 is 1.79 bits per heavy atom. The maximum Gasteiger partial charge on any atom is 0.0790 e. The highest BCUT2D eigenvalue weighted by Crippen LogP contribution is 2.48. The van der Waals surface area contributed by atoms with Crippen LogP contribution < -0.4 is 0 Å². The summed E-state index contributed by atoms with van der Waals surface area (Å²) in [4.78, 5) is 3.96.